The standard InChI is InChI=1S/C25H20FN3O4S/c1-33-19-6-4-5-18(13-19)29-23(31)15-34-25(29)20-7-2-3-8-21(20)28(24(25)32)14-22(30)27-17-11-9-16(26)10-12-17/h2-13H,14-15H2,1H3,(H,27,30). The Morgan fingerprint density at radius 3 is 2.62 bits per heavy atom. The molecule has 2 aliphatic heterocycles. The van der Waals surface area contributed by atoms with Crippen molar-refractivity contribution in [1.82, 2.24) is 0 Å². The summed E-state index contributed by atoms with van der Waals surface area (Å²) in [6, 6.07) is 19.5. The Balaban J connectivity index is 1.51. The molecule has 1 unspecified atom stereocenters. The van der Waals surface area contributed by atoms with Crippen LogP contribution in [0.5, 0.6) is 5.75 Å². The lowest BCUT2D eigenvalue weighted by molar-refractivity contribution is -0.124. The monoisotopic (exact) mass is 477 g/mol. The summed E-state index contributed by atoms with van der Waals surface area (Å²) in [5, 5.41) is 2.69. The molecule has 1 saturated heterocycles. The number of hydrogen-bond acceptors (Lipinski definition) is 5. The van der Waals surface area contributed by atoms with Crippen molar-refractivity contribution in [3.05, 3.63) is 84.2 Å². The predicted molar refractivity (Wildman–Crippen MR) is 128 cm³/mol. The largest absolute Gasteiger partial charge is 0.497 e. The highest BCUT2D eigenvalue weighted by atomic mass is 32.2. The van der Waals surface area contributed by atoms with Crippen LogP contribution in [-0.4, -0.2) is 37.1 Å². The second kappa shape index (κ2) is 8.49. The Morgan fingerprint density at radius 2 is 1.85 bits per heavy atom. The zero-order valence-corrected chi connectivity index (χ0v) is 19.0. The van der Waals surface area contributed by atoms with Gasteiger partial charge in [-0.3, -0.25) is 24.2 Å². The lowest BCUT2D eigenvalue weighted by Crippen LogP contribution is -2.50. The van der Waals surface area contributed by atoms with Gasteiger partial charge in [0.25, 0.3) is 5.91 Å². The number of thioether (sulfide) groups is 1. The first kappa shape index (κ1) is 22.0. The van der Waals surface area contributed by atoms with E-state index < -0.39 is 16.6 Å². The number of carbonyl (C=O) groups excluding carboxylic acids is 3. The van der Waals surface area contributed by atoms with Crippen LogP contribution in [0.3, 0.4) is 0 Å². The van der Waals surface area contributed by atoms with Gasteiger partial charge in [-0.2, -0.15) is 0 Å². The first-order chi connectivity index (χ1) is 16.4. The number of fused-ring (bicyclic) bond motifs is 2. The molecule has 172 valence electrons. The number of benzene rings is 3. The number of amides is 3. The summed E-state index contributed by atoms with van der Waals surface area (Å²) >= 11 is 1.24. The molecule has 2 aliphatic rings. The minimum atomic E-state index is -1.32. The molecule has 1 fully saturated rings. The summed E-state index contributed by atoms with van der Waals surface area (Å²) in [5.41, 5.74) is 2.17. The van der Waals surface area contributed by atoms with Gasteiger partial charge in [-0.25, -0.2) is 4.39 Å². The van der Waals surface area contributed by atoms with Gasteiger partial charge in [0.05, 0.1) is 18.6 Å². The topological polar surface area (TPSA) is 79.0 Å². The highest BCUT2D eigenvalue weighted by molar-refractivity contribution is 8.02. The van der Waals surface area contributed by atoms with E-state index >= 15 is 0 Å². The molecule has 0 radical (unpaired) electrons. The Bertz CT molecular complexity index is 1300. The fourth-order valence-corrected chi connectivity index (χ4v) is 5.70. The highest BCUT2D eigenvalue weighted by Crippen LogP contribution is 2.55. The fourth-order valence-electron chi connectivity index (χ4n) is 4.34. The maximum atomic E-state index is 14.0. The molecule has 3 aromatic rings. The molecule has 3 aromatic carbocycles. The number of ether oxygens (including phenoxy) is 1. The van der Waals surface area contributed by atoms with E-state index in [1.54, 1.807) is 36.4 Å². The number of halogens is 1. The quantitative estimate of drug-likeness (QED) is 0.606. The smallest absolute Gasteiger partial charge is 0.269 e. The molecule has 5 rings (SSSR count). The summed E-state index contributed by atoms with van der Waals surface area (Å²) in [6.45, 7) is -0.254. The predicted octanol–water partition coefficient (Wildman–Crippen LogP) is 3.75. The molecule has 1 N–H and O–H groups in total. The molecule has 34 heavy (non-hydrogen) atoms. The first-order valence-electron chi connectivity index (χ1n) is 10.5. The number of hydrogen-bond donors (Lipinski definition) is 1. The maximum Gasteiger partial charge on any atom is 0.269 e. The van der Waals surface area contributed by atoms with Crippen LogP contribution in [0.1, 0.15) is 5.56 Å². The van der Waals surface area contributed by atoms with Gasteiger partial charge in [0.2, 0.25) is 16.7 Å². The van der Waals surface area contributed by atoms with E-state index in [2.05, 4.69) is 5.32 Å². The first-order valence-corrected chi connectivity index (χ1v) is 11.5. The van der Waals surface area contributed by atoms with E-state index in [1.165, 1.54) is 52.9 Å². The van der Waals surface area contributed by atoms with E-state index in [1.807, 2.05) is 12.1 Å². The van der Waals surface area contributed by atoms with Crippen LogP contribution in [0.15, 0.2) is 72.8 Å². The van der Waals surface area contributed by atoms with Gasteiger partial charge in [-0.1, -0.05) is 24.3 Å². The van der Waals surface area contributed by atoms with Gasteiger partial charge in [0.15, 0.2) is 0 Å². The van der Waals surface area contributed by atoms with E-state index in [0.717, 1.165) is 0 Å². The summed E-state index contributed by atoms with van der Waals surface area (Å²) in [6.07, 6.45) is 0. The van der Waals surface area contributed by atoms with Crippen LogP contribution < -0.4 is 19.9 Å². The second-order valence-corrected chi connectivity index (χ2v) is 9.00. The molecular weight excluding hydrogens is 457 g/mol. The highest BCUT2D eigenvalue weighted by Gasteiger charge is 2.61. The molecule has 0 aromatic heterocycles. The van der Waals surface area contributed by atoms with Crippen LogP contribution in [-0.2, 0) is 19.3 Å². The molecule has 1 atom stereocenters. The van der Waals surface area contributed by atoms with Gasteiger partial charge in [-0.05, 0) is 42.5 Å². The Morgan fingerprint density at radius 1 is 1.09 bits per heavy atom. The normalized spacial score (nSPS) is 19.0. The van der Waals surface area contributed by atoms with Crippen molar-refractivity contribution in [2.45, 2.75) is 4.87 Å². The van der Waals surface area contributed by atoms with Gasteiger partial charge < -0.3 is 10.1 Å². The summed E-state index contributed by atoms with van der Waals surface area (Å²) in [7, 11) is 1.53. The molecule has 7 nitrogen and oxygen atoms in total. The van der Waals surface area contributed by atoms with E-state index in [0.29, 0.717) is 28.4 Å². The molecular formula is C25H20FN3O4S. The van der Waals surface area contributed by atoms with Gasteiger partial charge in [0, 0.05) is 23.0 Å². The van der Waals surface area contributed by atoms with Crippen molar-refractivity contribution in [3.8, 4) is 5.75 Å². The van der Waals surface area contributed by atoms with Gasteiger partial charge in [-0.15, -0.1) is 11.8 Å². The summed E-state index contributed by atoms with van der Waals surface area (Å²) < 4.78 is 18.5. The third kappa shape index (κ3) is 3.49. The van der Waals surface area contributed by atoms with Crippen LogP contribution in [0, 0.1) is 5.82 Å². The zero-order chi connectivity index (χ0) is 23.9. The fraction of sp³-hybridized carbons (Fsp3) is 0.160. The maximum absolute atomic E-state index is 14.0. The Kier molecular flexibility index (Phi) is 5.49. The van der Waals surface area contributed by atoms with Crippen LogP contribution in [0.2, 0.25) is 0 Å². The second-order valence-electron chi connectivity index (χ2n) is 7.83. The molecule has 0 bridgehead atoms. The van der Waals surface area contributed by atoms with Crippen LogP contribution in [0.25, 0.3) is 0 Å². The summed E-state index contributed by atoms with van der Waals surface area (Å²) in [4.78, 5) is 41.4. The third-order valence-electron chi connectivity index (χ3n) is 5.81. The average molecular weight is 478 g/mol. The third-order valence-corrected chi connectivity index (χ3v) is 7.19. The molecule has 1 spiro atoms. The number of methoxy groups -OCH3 is 1. The minimum Gasteiger partial charge on any atom is -0.497 e. The Labute approximate surface area is 199 Å². The van der Waals surface area contributed by atoms with Crippen molar-refractivity contribution in [3.63, 3.8) is 0 Å². The number of carbonyl (C=O) groups is 3. The Hall–Kier alpha value is -3.85. The number of anilines is 3. The number of nitrogens with zero attached hydrogens (tertiary/aromatic N) is 2. The molecule has 0 aliphatic carbocycles. The summed E-state index contributed by atoms with van der Waals surface area (Å²) in [5.74, 6) is -0.752. The van der Waals surface area contributed by atoms with Crippen molar-refractivity contribution in [2.24, 2.45) is 0 Å². The molecule has 2 heterocycles. The number of rotatable bonds is 5. The number of para-hydroxylation sites is 1. The SMILES string of the molecule is COc1cccc(N2C(=O)CSC23C(=O)N(CC(=O)Nc2ccc(F)cc2)c2ccccc23)c1. The van der Waals surface area contributed by atoms with Crippen molar-refractivity contribution < 1.29 is 23.5 Å². The van der Waals surface area contributed by atoms with E-state index in [4.69, 9.17) is 4.74 Å². The molecule has 0 saturated carbocycles. The lowest BCUT2D eigenvalue weighted by atomic mass is 10.0. The molecule has 9 heteroatoms. The zero-order valence-electron chi connectivity index (χ0n) is 18.2. The van der Waals surface area contributed by atoms with Gasteiger partial charge >= 0.3 is 0 Å². The van der Waals surface area contributed by atoms with Crippen LogP contribution in [0.4, 0.5) is 21.5 Å². The number of nitrogens with one attached hydrogen (secondary N) is 1. The molecule has 3 amide bonds. The van der Waals surface area contributed by atoms with E-state index in [-0.39, 0.29) is 24.1 Å². The van der Waals surface area contributed by atoms with Gasteiger partial charge in [0.1, 0.15) is 18.1 Å². The lowest BCUT2D eigenvalue weighted by Gasteiger charge is -2.33. The minimum absolute atomic E-state index is 0.118. The van der Waals surface area contributed by atoms with Crippen LogP contribution >= 0.6 is 11.8 Å². The van der Waals surface area contributed by atoms with Crippen molar-refractivity contribution in [1.29, 1.82) is 0 Å². The average Bonchev–Trinajstić information content (AvgIpc) is 3.31. The van der Waals surface area contributed by atoms with Crippen molar-refractivity contribution in [2.75, 3.05) is 34.5 Å². The van der Waals surface area contributed by atoms with Crippen molar-refractivity contribution >= 4 is 46.5 Å². The van der Waals surface area contributed by atoms with E-state index in [9.17, 15) is 18.8 Å².